The van der Waals surface area contributed by atoms with Gasteiger partial charge in [0.1, 0.15) is 6.29 Å². The molecule has 1 atom stereocenters. The number of likely N-dealkylation sites (N-methyl/N-ethyl adjacent to an activating group) is 2. The number of nitrogens with zero attached hydrogens (tertiary/aromatic N) is 1. The minimum absolute atomic E-state index is 0.0819. The van der Waals surface area contributed by atoms with Crippen molar-refractivity contribution in [3.8, 4) is 0 Å². The van der Waals surface area contributed by atoms with E-state index in [-0.39, 0.29) is 11.9 Å². The van der Waals surface area contributed by atoms with Crippen molar-refractivity contribution in [1.82, 2.24) is 10.2 Å². The molecular weight excluding hydrogens is 254 g/mol. The number of hydrogen-bond donors (Lipinski definition) is 2. The van der Waals surface area contributed by atoms with Gasteiger partial charge in [0.25, 0.3) is 0 Å². The summed E-state index contributed by atoms with van der Waals surface area (Å²) in [4.78, 5) is 24.4. The standard InChI is InChI=1S/C15H23N3O2/c1-11-6-4-7-13(16)12(11)10-18(3)14(8-5-9-19)15(20)17-2/h4,6-7,9,14H,5,8,10,16H2,1-3H3,(H,17,20). The molecule has 3 N–H and O–H groups in total. The van der Waals surface area contributed by atoms with Crippen molar-refractivity contribution < 1.29 is 9.59 Å². The molecule has 1 rings (SSSR count). The molecule has 110 valence electrons. The van der Waals surface area contributed by atoms with E-state index in [0.717, 1.165) is 23.1 Å². The molecule has 20 heavy (non-hydrogen) atoms. The van der Waals surface area contributed by atoms with Crippen LogP contribution in [0.25, 0.3) is 0 Å². The summed E-state index contributed by atoms with van der Waals surface area (Å²) in [5, 5.41) is 2.64. The second kappa shape index (κ2) is 7.65. The maximum absolute atomic E-state index is 11.9. The molecule has 0 aromatic heterocycles. The van der Waals surface area contributed by atoms with Crippen molar-refractivity contribution in [3.05, 3.63) is 29.3 Å². The van der Waals surface area contributed by atoms with Crippen LogP contribution in [0.15, 0.2) is 18.2 Å². The number of benzene rings is 1. The van der Waals surface area contributed by atoms with Crippen LogP contribution in [0.1, 0.15) is 24.0 Å². The smallest absolute Gasteiger partial charge is 0.237 e. The molecule has 1 aromatic rings. The van der Waals surface area contributed by atoms with Gasteiger partial charge in [-0.25, -0.2) is 0 Å². The van der Waals surface area contributed by atoms with Gasteiger partial charge in [-0.05, 0) is 37.6 Å². The van der Waals surface area contributed by atoms with Crippen LogP contribution in [0.5, 0.6) is 0 Å². The fourth-order valence-corrected chi connectivity index (χ4v) is 2.24. The Hall–Kier alpha value is -1.88. The molecule has 0 radical (unpaired) electrons. The Balaban J connectivity index is 2.87. The maximum atomic E-state index is 11.9. The van der Waals surface area contributed by atoms with Crippen LogP contribution < -0.4 is 11.1 Å². The fraction of sp³-hybridized carbons (Fsp3) is 0.467. The van der Waals surface area contributed by atoms with Crippen molar-refractivity contribution in [2.24, 2.45) is 0 Å². The second-order valence-corrected chi connectivity index (χ2v) is 4.93. The fourth-order valence-electron chi connectivity index (χ4n) is 2.24. The highest BCUT2D eigenvalue weighted by Crippen LogP contribution is 2.19. The first-order valence-electron chi connectivity index (χ1n) is 6.70. The van der Waals surface area contributed by atoms with Crippen molar-refractivity contribution in [1.29, 1.82) is 0 Å². The summed E-state index contributed by atoms with van der Waals surface area (Å²) in [6.45, 7) is 2.58. The van der Waals surface area contributed by atoms with Crippen LogP contribution in [0.4, 0.5) is 5.69 Å². The van der Waals surface area contributed by atoms with Gasteiger partial charge >= 0.3 is 0 Å². The van der Waals surface area contributed by atoms with Gasteiger partial charge in [-0.1, -0.05) is 12.1 Å². The zero-order valence-corrected chi connectivity index (χ0v) is 12.3. The normalized spacial score (nSPS) is 12.2. The minimum Gasteiger partial charge on any atom is -0.398 e. The number of nitrogens with one attached hydrogen (secondary N) is 1. The summed E-state index contributed by atoms with van der Waals surface area (Å²) in [7, 11) is 3.48. The summed E-state index contributed by atoms with van der Waals surface area (Å²) in [5.74, 6) is -0.0819. The van der Waals surface area contributed by atoms with Gasteiger partial charge in [-0.3, -0.25) is 9.69 Å². The number of aldehydes is 1. The maximum Gasteiger partial charge on any atom is 0.237 e. The number of anilines is 1. The number of hydrogen-bond acceptors (Lipinski definition) is 4. The van der Waals surface area contributed by atoms with Crippen LogP contribution in [-0.2, 0) is 16.1 Å². The second-order valence-electron chi connectivity index (χ2n) is 4.93. The first-order chi connectivity index (χ1) is 9.51. The van der Waals surface area contributed by atoms with E-state index in [1.54, 1.807) is 7.05 Å². The Morgan fingerprint density at radius 3 is 2.75 bits per heavy atom. The van der Waals surface area contributed by atoms with Gasteiger partial charge in [0.2, 0.25) is 5.91 Å². The van der Waals surface area contributed by atoms with Crippen molar-refractivity contribution in [3.63, 3.8) is 0 Å². The van der Waals surface area contributed by atoms with E-state index in [0.29, 0.717) is 19.4 Å². The predicted octanol–water partition coefficient (Wildman–Crippen LogP) is 1.10. The zero-order chi connectivity index (χ0) is 15.1. The summed E-state index contributed by atoms with van der Waals surface area (Å²) < 4.78 is 0. The van der Waals surface area contributed by atoms with Crippen molar-refractivity contribution in [2.75, 3.05) is 19.8 Å². The molecule has 0 saturated carbocycles. The van der Waals surface area contributed by atoms with E-state index in [4.69, 9.17) is 5.73 Å². The molecule has 1 unspecified atom stereocenters. The summed E-state index contributed by atoms with van der Waals surface area (Å²) in [6, 6.07) is 5.44. The molecule has 0 aliphatic heterocycles. The lowest BCUT2D eigenvalue weighted by atomic mass is 10.0. The Morgan fingerprint density at radius 1 is 1.50 bits per heavy atom. The molecule has 0 fully saturated rings. The molecule has 0 spiro atoms. The third kappa shape index (κ3) is 4.06. The Kier molecular flexibility index (Phi) is 6.18. The summed E-state index contributed by atoms with van der Waals surface area (Å²) in [6.07, 6.45) is 1.71. The van der Waals surface area contributed by atoms with Gasteiger partial charge in [0, 0.05) is 25.7 Å². The Morgan fingerprint density at radius 2 is 2.20 bits per heavy atom. The average Bonchev–Trinajstić information content (AvgIpc) is 2.43. The predicted molar refractivity (Wildman–Crippen MR) is 80.2 cm³/mol. The zero-order valence-electron chi connectivity index (χ0n) is 12.3. The lowest BCUT2D eigenvalue weighted by Gasteiger charge is -2.27. The number of nitrogen functional groups attached to an aromatic ring is 1. The van der Waals surface area contributed by atoms with Crippen LogP contribution in [-0.4, -0.2) is 37.2 Å². The molecule has 0 heterocycles. The van der Waals surface area contributed by atoms with Crippen LogP contribution >= 0.6 is 0 Å². The number of carbonyl (C=O) groups excluding carboxylic acids is 2. The van der Waals surface area contributed by atoms with E-state index < -0.39 is 0 Å². The molecule has 5 nitrogen and oxygen atoms in total. The third-order valence-electron chi connectivity index (χ3n) is 3.49. The Bertz CT molecular complexity index is 454. The monoisotopic (exact) mass is 277 g/mol. The topological polar surface area (TPSA) is 75.4 Å². The van der Waals surface area contributed by atoms with Crippen LogP contribution in [0, 0.1) is 6.92 Å². The molecular formula is C15H23N3O2. The SMILES string of the molecule is CNC(=O)C(CCC=O)N(C)Cc1c(C)cccc1N. The average molecular weight is 277 g/mol. The summed E-state index contributed by atoms with van der Waals surface area (Å²) in [5.41, 5.74) is 8.84. The first kappa shape index (κ1) is 16.2. The lowest BCUT2D eigenvalue weighted by molar-refractivity contribution is -0.126. The van der Waals surface area contributed by atoms with Crippen molar-refractivity contribution >= 4 is 17.9 Å². The van der Waals surface area contributed by atoms with E-state index in [2.05, 4.69) is 5.32 Å². The quantitative estimate of drug-likeness (QED) is 0.578. The van der Waals surface area contributed by atoms with Gasteiger partial charge in [-0.15, -0.1) is 0 Å². The van der Waals surface area contributed by atoms with E-state index in [1.807, 2.05) is 37.1 Å². The largest absolute Gasteiger partial charge is 0.398 e. The lowest BCUT2D eigenvalue weighted by Crippen LogP contribution is -2.43. The molecule has 1 amide bonds. The molecule has 1 aromatic carbocycles. The van der Waals surface area contributed by atoms with Gasteiger partial charge in [-0.2, -0.15) is 0 Å². The highest BCUT2D eigenvalue weighted by Gasteiger charge is 2.22. The third-order valence-corrected chi connectivity index (χ3v) is 3.49. The molecule has 5 heteroatoms. The first-order valence-corrected chi connectivity index (χ1v) is 6.70. The molecule has 0 saturated heterocycles. The van der Waals surface area contributed by atoms with Crippen LogP contribution in [0.2, 0.25) is 0 Å². The number of amides is 1. The van der Waals surface area contributed by atoms with E-state index >= 15 is 0 Å². The van der Waals surface area contributed by atoms with Gasteiger partial charge in [0.05, 0.1) is 6.04 Å². The minimum atomic E-state index is -0.329. The number of aryl methyl sites for hydroxylation is 1. The summed E-state index contributed by atoms with van der Waals surface area (Å²) >= 11 is 0. The van der Waals surface area contributed by atoms with Crippen molar-refractivity contribution in [2.45, 2.75) is 32.4 Å². The highest BCUT2D eigenvalue weighted by atomic mass is 16.2. The molecule has 0 aliphatic carbocycles. The van der Waals surface area contributed by atoms with E-state index in [1.165, 1.54) is 0 Å². The number of rotatable bonds is 7. The highest BCUT2D eigenvalue weighted by molar-refractivity contribution is 5.81. The Labute approximate surface area is 120 Å². The number of carbonyl (C=O) groups is 2. The molecule has 0 aliphatic rings. The van der Waals surface area contributed by atoms with Gasteiger partial charge in [0.15, 0.2) is 0 Å². The van der Waals surface area contributed by atoms with E-state index in [9.17, 15) is 9.59 Å². The van der Waals surface area contributed by atoms with Crippen LogP contribution in [0.3, 0.4) is 0 Å². The van der Waals surface area contributed by atoms with Gasteiger partial charge < -0.3 is 15.8 Å². The molecule has 0 bridgehead atoms. The number of nitrogens with two attached hydrogens (primary N) is 1.